The largest absolute Gasteiger partial charge is 0.294 e. The van der Waals surface area contributed by atoms with Gasteiger partial charge in [0.25, 0.3) is 0 Å². The highest BCUT2D eigenvalue weighted by Crippen LogP contribution is 2.23. The lowest BCUT2D eigenvalue weighted by atomic mass is 9.95. The zero-order chi connectivity index (χ0) is 15.6. The van der Waals surface area contributed by atoms with E-state index < -0.39 is 0 Å². The van der Waals surface area contributed by atoms with E-state index in [0.29, 0.717) is 6.42 Å². The summed E-state index contributed by atoms with van der Waals surface area (Å²) in [4.78, 5) is 12.9. The predicted molar refractivity (Wildman–Crippen MR) is 95.9 cm³/mol. The van der Waals surface area contributed by atoms with Gasteiger partial charge in [0.1, 0.15) is 0 Å². The van der Waals surface area contributed by atoms with Crippen molar-refractivity contribution < 1.29 is 4.79 Å². The van der Waals surface area contributed by atoms with Crippen LogP contribution in [0, 0.1) is 0 Å². The maximum atomic E-state index is 12.9. The number of Topliss-reactive ketones (excluding diaryl/α,β-unsaturated/α-hetero) is 1. The van der Waals surface area contributed by atoms with E-state index >= 15 is 0 Å². The lowest BCUT2D eigenvalue weighted by molar-refractivity contribution is 0.0995. The van der Waals surface area contributed by atoms with Gasteiger partial charge in [-0.3, -0.25) is 4.79 Å². The average molecular weight is 296 g/mol. The minimum atomic E-state index is 0.165. The fraction of sp³-hybridized carbons (Fsp3) is 0.0455. The first kappa shape index (κ1) is 13.7. The van der Waals surface area contributed by atoms with Gasteiger partial charge in [0.05, 0.1) is 0 Å². The maximum absolute atomic E-state index is 12.9. The molecule has 0 bridgehead atoms. The van der Waals surface area contributed by atoms with Gasteiger partial charge in [-0.2, -0.15) is 0 Å². The summed E-state index contributed by atoms with van der Waals surface area (Å²) in [7, 11) is 0. The molecule has 1 nitrogen and oxygen atoms in total. The number of carbonyl (C=O) groups excluding carboxylic acids is 1. The molecule has 23 heavy (non-hydrogen) atoms. The molecule has 0 aliphatic carbocycles. The van der Waals surface area contributed by atoms with E-state index in [0.717, 1.165) is 27.3 Å². The fourth-order valence-electron chi connectivity index (χ4n) is 3.18. The van der Waals surface area contributed by atoms with Crippen molar-refractivity contribution >= 4 is 27.3 Å². The molecule has 0 aliphatic rings. The number of fused-ring (bicyclic) bond motifs is 2. The summed E-state index contributed by atoms with van der Waals surface area (Å²) < 4.78 is 0. The summed E-state index contributed by atoms with van der Waals surface area (Å²) >= 11 is 0. The van der Waals surface area contributed by atoms with Gasteiger partial charge in [-0.1, -0.05) is 84.9 Å². The van der Waals surface area contributed by atoms with Gasteiger partial charge in [-0.15, -0.1) is 0 Å². The van der Waals surface area contributed by atoms with Crippen molar-refractivity contribution in [2.45, 2.75) is 6.42 Å². The standard InChI is InChI=1S/C22H16O/c23-22(21-14-6-10-17-8-2-4-13-20(17)21)15-18-11-5-9-16-7-1-3-12-19(16)18/h1-14H,15H2. The Labute approximate surface area is 135 Å². The number of carbonyl (C=O) groups is 1. The van der Waals surface area contributed by atoms with E-state index in [1.165, 1.54) is 5.39 Å². The molecule has 4 rings (SSSR count). The zero-order valence-electron chi connectivity index (χ0n) is 12.7. The van der Waals surface area contributed by atoms with Crippen LogP contribution in [0.1, 0.15) is 15.9 Å². The first-order valence-corrected chi connectivity index (χ1v) is 7.80. The molecule has 0 heterocycles. The molecule has 4 aromatic carbocycles. The van der Waals surface area contributed by atoms with Crippen LogP contribution in [-0.4, -0.2) is 5.78 Å². The third kappa shape index (κ3) is 2.51. The number of hydrogen-bond donors (Lipinski definition) is 0. The molecule has 1 heteroatoms. The maximum Gasteiger partial charge on any atom is 0.167 e. The molecule has 4 aromatic rings. The van der Waals surface area contributed by atoms with Crippen LogP contribution >= 0.6 is 0 Å². The van der Waals surface area contributed by atoms with Crippen molar-refractivity contribution in [3.8, 4) is 0 Å². The highest BCUT2D eigenvalue weighted by atomic mass is 16.1. The van der Waals surface area contributed by atoms with Crippen LogP contribution in [0.5, 0.6) is 0 Å². The van der Waals surface area contributed by atoms with Crippen LogP contribution < -0.4 is 0 Å². The molecule has 0 atom stereocenters. The van der Waals surface area contributed by atoms with Crippen LogP contribution in [0.15, 0.2) is 84.9 Å². The van der Waals surface area contributed by atoms with Crippen LogP contribution in [0.3, 0.4) is 0 Å². The Kier molecular flexibility index (Phi) is 3.39. The number of hydrogen-bond acceptors (Lipinski definition) is 1. The Morgan fingerprint density at radius 2 is 1.17 bits per heavy atom. The molecule has 0 amide bonds. The normalized spacial score (nSPS) is 11.0. The molecule has 0 fully saturated rings. The minimum Gasteiger partial charge on any atom is -0.294 e. The van der Waals surface area contributed by atoms with Crippen LogP contribution in [0.25, 0.3) is 21.5 Å². The molecular weight excluding hydrogens is 280 g/mol. The summed E-state index contributed by atoms with van der Waals surface area (Å²) in [5.74, 6) is 0.165. The van der Waals surface area contributed by atoms with Gasteiger partial charge in [-0.05, 0) is 27.1 Å². The van der Waals surface area contributed by atoms with E-state index in [2.05, 4.69) is 18.2 Å². The molecule has 0 N–H and O–H groups in total. The Hall–Kier alpha value is -2.93. The molecule has 0 radical (unpaired) electrons. The van der Waals surface area contributed by atoms with E-state index in [1.807, 2.05) is 66.7 Å². The lowest BCUT2D eigenvalue weighted by Gasteiger charge is -2.08. The van der Waals surface area contributed by atoms with E-state index in [-0.39, 0.29) is 5.78 Å². The van der Waals surface area contributed by atoms with Crippen molar-refractivity contribution in [2.24, 2.45) is 0 Å². The average Bonchev–Trinajstić information content (AvgIpc) is 2.61. The molecule has 0 saturated carbocycles. The first-order chi connectivity index (χ1) is 11.3. The lowest BCUT2D eigenvalue weighted by Crippen LogP contribution is -2.04. The molecule has 0 saturated heterocycles. The van der Waals surface area contributed by atoms with Gasteiger partial charge in [0.15, 0.2) is 5.78 Å². The highest BCUT2D eigenvalue weighted by Gasteiger charge is 2.12. The van der Waals surface area contributed by atoms with Crippen molar-refractivity contribution in [1.29, 1.82) is 0 Å². The van der Waals surface area contributed by atoms with Crippen molar-refractivity contribution in [3.05, 3.63) is 96.1 Å². The van der Waals surface area contributed by atoms with Crippen LogP contribution in [-0.2, 0) is 6.42 Å². The van der Waals surface area contributed by atoms with Crippen molar-refractivity contribution in [1.82, 2.24) is 0 Å². The second kappa shape index (κ2) is 5.69. The predicted octanol–water partition coefficient (Wildman–Crippen LogP) is 5.42. The van der Waals surface area contributed by atoms with Gasteiger partial charge < -0.3 is 0 Å². The first-order valence-electron chi connectivity index (χ1n) is 7.80. The highest BCUT2D eigenvalue weighted by molar-refractivity contribution is 6.09. The molecule has 110 valence electrons. The van der Waals surface area contributed by atoms with E-state index in [4.69, 9.17) is 0 Å². The SMILES string of the molecule is O=C(Cc1cccc2ccccc12)c1cccc2ccccc12. The van der Waals surface area contributed by atoms with E-state index in [9.17, 15) is 4.79 Å². The summed E-state index contributed by atoms with van der Waals surface area (Å²) in [5.41, 5.74) is 1.89. The monoisotopic (exact) mass is 296 g/mol. The van der Waals surface area contributed by atoms with Gasteiger partial charge >= 0.3 is 0 Å². The third-order valence-electron chi connectivity index (χ3n) is 4.32. The number of rotatable bonds is 3. The van der Waals surface area contributed by atoms with Gasteiger partial charge in [0.2, 0.25) is 0 Å². The van der Waals surface area contributed by atoms with Crippen molar-refractivity contribution in [2.75, 3.05) is 0 Å². The van der Waals surface area contributed by atoms with Crippen molar-refractivity contribution in [3.63, 3.8) is 0 Å². The second-order valence-corrected chi connectivity index (χ2v) is 5.76. The van der Waals surface area contributed by atoms with Crippen LogP contribution in [0.4, 0.5) is 0 Å². The van der Waals surface area contributed by atoms with Gasteiger partial charge in [-0.25, -0.2) is 0 Å². The quantitative estimate of drug-likeness (QED) is 0.461. The van der Waals surface area contributed by atoms with Gasteiger partial charge in [0, 0.05) is 12.0 Å². The molecular formula is C22H16O. The Morgan fingerprint density at radius 3 is 1.96 bits per heavy atom. The Morgan fingerprint density at radius 1 is 0.609 bits per heavy atom. The van der Waals surface area contributed by atoms with Crippen LogP contribution in [0.2, 0.25) is 0 Å². The van der Waals surface area contributed by atoms with E-state index in [1.54, 1.807) is 0 Å². The third-order valence-corrected chi connectivity index (χ3v) is 4.32. The molecule has 0 spiro atoms. The molecule has 0 aromatic heterocycles. The number of ketones is 1. The second-order valence-electron chi connectivity index (χ2n) is 5.76. The summed E-state index contributed by atoms with van der Waals surface area (Å²) in [6.45, 7) is 0. The summed E-state index contributed by atoms with van der Waals surface area (Å²) in [6, 6.07) is 28.3. The Balaban J connectivity index is 1.77. The number of benzene rings is 4. The smallest absolute Gasteiger partial charge is 0.167 e. The Bertz CT molecular complexity index is 1000. The summed E-state index contributed by atoms with van der Waals surface area (Å²) in [6.07, 6.45) is 0.426. The fourth-order valence-corrected chi connectivity index (χ4v) is 3.18. The topological polar surface area (TPSA) is 17.1 Å². The zero-order valence-corrected chi connectivity index (χ0v) is 12.7. The molecule has 0 unspecified atom stereocenters. The molecule has 0 aliphatic heterocycles. The summed E-state index contributed by atoms with van der Waals surface area (Å²) in [5, 5.41) is 4.47. The minimum absolute atomic E-state index is 0.165.